The molecule has 0 bridgehead atoms. The number of para-hydroxylation sites is 1. The van der Waals surface area contributed by atoms with Crippen molar-refractivity contribution in [2.75, 3.05) is 0 Å². The van der Waals surface area contributed by atoms with E-state index in [4.69, 9.17) is 4.42 Å². The summed E-state index contributed by atoms with van der Waals surface area (Å²) in [6.07, 6.45) is 4.02. The van der Waals surface area contributed by atoms with E-state index in [1.807, 2.05) is 35.2 Å². The van der Waals surface area contributed by atoms with E-state index in [0.29, 0.717) is 30.4 Å². The van der Waals surface area contributed by atoms with Gasteiger partial charge in [0.05, 0.1) is 12.1 Å². The van der Waals surface area contributed by atoms with Gasteiger partial charge in [-0.25, -0.2) is 4.39 Å². The Morgan fingerprint density at radius 2 is 1.94 bits per heavy atom. The van der Waals surface area contributed by atoms with Crippen molar-refractivity contribution in [3.63, 3.8) is 0 Å². The molecule has 2 fully saturated rings. The summed E-state index contributed by atoms with van der Waals surface area (Å²) in [5.41, 5.74) is 1.24. The van der Waals surface area contributed by atoms with Crippen LogP contribution in [-0.4, -0.2) is 34.8 Å². The Balaban J connectivity index is 1.50. The van der Waals surface area contributed by atoms with Gasteiger partial charge in [0.2, 0.25) is 5.91 Å². The van der Waals surface area contributed by atoms with E-state index < -0.39 is 0 Å². The van der Waals surface area contributed by atoms with E-state index >= 15 is 0 Å². The smallest absolute Gasteiger partial charge is 0.290 e. The summed E-state index contributed by atoms with van der Waals surface area (Å²) in [5, 5.41) is 3.99. The standard InChI is InChI=1S/C25H25FN2O3/c26-19-9-3-1-7-16(19)13-18-15-20-21(10-4-6-12-24(29)27-20)28(18)25(30)23-14-17-8-2-5-11-22(17)31-23/h1-3,5,7-9,11,14,18,20-21H,4,6,10,12-13,15H2,(H,27,29)/t18-,20+,21-/m1/s1. The van der Waals surface area contributed by atoms with E-state index in [1.165, 1.54) is 6.07 Å². The maximum atomic E-state index is 14.4. The van der Waals surface area contributed by atoms with Gasteiger partial charge in [0, 0.05) is 17.8 Å². The van der Waals surface area contributed by atoms with Crippen LogP contribution in [-0.2, 0) is 11.2 Å². The van der Waals surface area contributed by atoms with Gasteiger partial charge >= 0.3 is 0 Å². The zero-order valence-corrected chi connectivity index (χ0v) is 17.2. The van der Waals surface area contributed by atoms with Crippen LogP contribution in [0.2, 0.25) is 0 Å². The minimum absolute atomic E-state index is 0.0253. The number of carbonyl (C=O) groups excluding carboxylic acids is 2. The van der Waals surface area contributed by atoms with Gasteiger partial charge in [-0.15, -0.1) is 0 Å². The Labute approximate surface area is 180 Å². The first-order valence-corrected chi connectivity index (χ1v) is 10.9. The molecule has 3 aromatic rings. The van der Waals surface area contributed by atoms with E-state index in [9.17, 15) is 14.0 Å². The third kappa shape index (κ3) is 3.82. The molecule has 3 atom stereocenters. The third-order valence-electron chi connectivity index (χ3n) is 6.53. The van der Waals surface area contributed by atoms with Gasteiger partial charge in [-0.1, -0.05) is 42.8 Å². The molecule has 5 rings (SSSR count). The van der Waals surface area contributed by atoms with Gasteiger partial charge in [-0.05, 0) is 49.4 Å². The van der Waals surface area contributed by atoms with Crippen molar-refractivity contribution < 1.29 is 18.4 Å². The lowest BCUT2D eigenvalue weighted by Crippen LogP contribution is -2.49. The van der Waals surface area contributed by atoms with E-state index in [1.54, 1.807) is 18.2 Å². The molecule has 1 aromatic heterocycles. The maximum absolute atomic E-state index is 14.4. The van der Waals surface area contributed by atoms with Crippen LogP contribution in [0.1, 0.15) is 48.2 Å². The van der Waals surface area contributed by atoms with E-state index in [-0.39, 0.29) is 41.5 Å². The fourth-order valence-electron chi connectivity index (χ4n) is 5.07. The number of fused-ring (bicyclic) bond motifs is 2. The zero-order chi connectivity index (χ0) is 21.4. The van der Waals surface area contributed by atoms with Crippen molar-refractivity contribution in [3.05, 3.63) is 71.7 Å². The molecule has 1 N–H and O–H groups in total. The second kappa shape index (κ2) is 8.17. The van der Waals surface area contributed by atoms with Crippen molar-refractivity contribution in [1.82, 2.24) is 10.2 Å². The number of halogens is 1. The lowest BCUT2D eigenvalue weighted by atomic mass is 9.97. The number of rotatable bonds is 3. The number of nitrogens with zero attached hydrogens (tertiary/aromatic N) is 1. The quantitative estimate of drug-likeness (QED) is 0.681. The van der Waals surface area contributed by atoms with Crippen LogP contribution >= 0.6 is 0 Å². The summed E-state index contributed by atoms with van der Waals surface area (Å²) in [7, 11) is 0. The zero-order valence-electron chi connectivity index (χ0n) is 17.2. The average molecular weight is 420 g/mol. The Hall–Kier alpha value is -3.15. The summed E-state index contributed by atoms with van der Waals surface area (Å²) in [5.74, 6) is -0.155. The first-order valence-electron chi connectivity index (χ1n) is 10.9. The molecule has 0 spiro atoms. The predicted octanol–water partition coefficient (Wildman–Crippen LogP) is 4.46. The predicted molar refractivity (Wildman–Crippen MR) is 115 cm³/mol. The second-order valence-electron chi connectivity index (χ2n) is 8.53. The van der Waals surface area contributed by atoms with Crippen LogP contribution in [0.15, 0.2) is 59.0 Å². The van der Waals surface area contributed by atoms with Crippen LogP contribution in [0.5, 0.6) is 0 Å². The van der Waals surface area contributed by atoms with Gasteiger partial charge in [0.15, 0.2) is 5.76 Å². The normalized spacial score (nSPS) is 23.8. The summed E-state index contributed by atoms with van der Waals surface area (Å²) in [4.78, 5) is 27.8. The van der Waals surface area contributed by atoms with Crippen molar-refractivity contribution >= 4 is 22.8 Å². The number of furan rings is 1. The molecule has 2 amide bonds. The minimum Gasteiger partial charge on any atom is -0.451 e. The highest BCUT2D eigenvalue weighted by molar-refractivity contribution is 5.96. The van der Waals surface area contributed by atoms with Gasteiger partial charge in [-0.2, -0.15) is 0 Å². The van der Waals surface area contributed by atoms with Gasteiger partial charge < -0.3 is 14.6 Å². The van der Waals surface area contributed by atoms with Crippen LogP contribution in [0.3, 0.4) is 0 Å². The summed E-state index contributed by atoms with van der Waals surface area (Å²) in [6.45, 7) is 0. The maximum Gasteiger partial charge on any atom is 0.290 e. The second-order valence-corrected chi connectivity index (χ2v) is 8.53. The molecular weight excluding hydrogens is 395 g/mol. The summed E-state index contributed by atoms with van der Waals surface area (Å²) >= 11 is 0. The van der Waals surface area contributed by atoms with Crippen LogP contribution < -0.4 is 5.32 Å². The van der Waals surface area contributed by atoms with Gasteiger partial charge in [0.1, 0.15) is 11.4 Å². The molecule has 160 valence electrons. The Kier molecular flexibility index (Phi) is 5.22. The van der Waals surface area contributed by atoms with Crippen LogP contribution in [0.4, 0.5) is 4.39 Å². The highest BCUT2D eigenvalue weighted by Gasteiger charge is 2.45. The number of amides is 2. The molecule has 31 heavy (non-hydrogen) atoms. The van der Waals surface area contributed by atoms with Crippen molar-refractivity contribution in [2.24, 2.45) is 0 Å². The van der Waals surface area contributed by atoms with Crippen LogP contribution in [0, 0.1) is 5.82 Å². The summed E-state index contributed by atoms with van der Waals surface area (Å²) < 4.78 is 20.3. The molecule has 0 radical (unpaired) electrons. The Morgan fingerprint density at radius 1 is 1.13 bits per heavy atom. The minimum atomic E-state index is -0.271. The van der Waals surface area contributed by atoms with Crippen molar-refractivity contribution in [2.45, 2.75) is 56.7 Å². The highest BCUT2D eigenvalue weighted by Crippen LogP contribution is 2.34. The van der Waals surface area contributed by atoms with Crippen molar-refractivity contribution in [3.8, 4) is 0 Å². The molecule has 0 unspecified atom stereocenters. The van der Waals surface area contributed by atoms with Gasteiger partial charge in [-0.3, -0.25) is 9.59 Å². The number of benzene rings is 2. The lowest BCUT2D eigenvalue weighted by Gasteiger charge is -2.32. The molecule has 2 aliphatic heterocycles. The Morgan fingerprint density at radius 3 is 2.77 bits per heavy atom. The van der Waals surface area contributed by atoms with Crippen molar-refractivity contribution in [1.29, 1.82) is 0 Å². The number of hydrogen-bond donors (Lipinski definition) is 1. The van der Waals surface area contributed by atoms with Crippen LogP contribution in [0.25, 0.3) is 11.0 Å². The SMILES string of the molecule is O=C1CCCC[C@@H]2[C@H](C[C@@H](Cc3ccccc3F)N2C(=O)c2cc3ccccc3o2)N1. The first kappa shape index (κ1) is 19.8. The molecule has 0 saturated carbocycles. The molecule has 6 heteroatoms. The first-order chi connectivity index (χ1) is 15.1. The fourth-order valence-corrected chi connectivity index (χ4v) is 5.07. The highest BCUT2D eigenvalue weighted by atomic mass is 19.1. The molecule has 2 aromatic carbocycles. The topological polar surface area (TPSA) is 62.6 Å². The largest absolute Gasteiger partial charge is 0.451 e. The average Bonchev–Trinajstić information content (AvgIpc) is 3.32. The Bertz CT molecular complexity index is 1090. The number of hydrogen-bond acceptors (Lipinski definition) is 3. The number of likely N-dealkylation sites (tertiary alicyclic amines) is 1. The molecular formula is C25H25FN2O3. The number of nitrogens with one attached hydrogen (secondary N) is 1. The molecule has 2 saturated heterocycles. The third-order valence-corrected chi connectivity index (χ3v) is 6.53. The fraction of sp³-hybridized carbons (Fsp3) is 0.360. The van der Waals surface area contributed by atoms with Gasteiger partial charge in [0.25, 0.3) is 5.91 Å². The molecule has 2 aliphatic rings. The molecule has 3 heterocycles. The summed E-state index contributed by atoms with van der Waals surface area (Å²) in [6, 6.07) is 15.5. The molecule has 0 aliphatic carbocycles. The van der Waals surface area contributed by atoms with E-state index in [0.717, 1.165) is 24.6 Å². The monoisotopic (exact) mass is 420 g/mol. The number of carbonyl (C=O) groups is 2. The molecule has 5 nitrogen and oxygen atoms in total. The lowest BCUT2D eigenvalue weighted by molar-refractivity contribution is -0.122. The van der Waals surface area contributed by atoms with E-state index in [2.05, 4.69) is 5.32 Å².